The van der Waals surface area contributed by atoms with E-state index in [4.69, 9.17) is 5.11 Å². The van der Waals surface area contributed by atoms with E-state index in [1.807, 2.05) is 13.8 Å². The molecule has 0 aliphatic rings. The SMILES string of the molecule is CC(NCC(C)S(C)=O)c1ccc(O)cc1F. The van der Waals surface area contributed by atoms with Crippen molar-refractivity contribution in [3.8, 4) is 5.75 Å². The number of rotatable bonds is 5. The van der Waals surface area contributed by atoms with E-state index in [2.05, 4.69) is 5.32 Å². The lowest BCUT2D eigenvalue weighted by Gasteiger charge is -2.17. The van der Waals surface area contributed by atoms with Crippen LogP contribution in [0.2, 0.25) is 0 Å². The van der Waals surface area contributed by atoms with Crippen molar-refractivity contribution in [2.75, 3.05) is 12.8 Å². The molecule has 0 spiro atoms. The fourth-order valence-corrected chi connectivity index (χ4v) is 1.77. The Morgan fingerprint density at radius 2 is 2.12 bits per heavy atom. The summed E-state index contributed by atoms with van der Waals surface area (Å²) >= 11 is 0. The number of halogens is 1. The summed E-state index contributed by atoms with van der Waals surface area (Å²) in [6, 6.07) is 3.92. The van der Waals surface area contributed by atoms with Crippen LogP contribution in [0.5, 0.6) is 5.75 Å². The summed E-state index contributed by atoms with van der Waals surface area (Å²) in [7, 11) is -0.888. The van der Waals surface area contributed by atoms with E-state index >= 15 is 0 Å². The molecule has 96 valence electrons. The molecule has 0 heterocycles. The molecule has 0 bridgehead atoms. The number of nitrogens with one attached hydrogen (secondary N) is 1. The van der Waals surface area contributed by atoms with E-state index in [0.29, 0.717) is 12.1 Å². The Balaban J connectivity index is 2.64. The zero-order valence-corrected chi connectivity index (χ0v) is 11.1. The molecule has 3 atom stereocenters. The van der Waals surface area contributed by atoms with Gasteiger partial charge < -0.3 is 10.4 Å². The highest BCUT2D eigenvalue weighted by molar-refractivity contribution is 7.84. The van der Waals surface area contributed by atoms with Gasteiger partial charge in [0.1, 0.15) is 11.6 Å². The average Bonchev–Trinajstić information content (AvgIpc) is 2.25. The largest absolute Gasteiger partial charge is 0.508 e. The van der Waals surface area contributed by atoms with Gasteiger partial charge in [0.15, 0.2) is 0 Å². The summed E-state index contributed by atoms with van der Waals surface area (Å²) in [6.07, 6.45) is 1.65. The number of hydrogen-bond donors (Lipinski definition) is 2. The molecule has 5 heteroatoms. The maximum absolute atomic E-state index is 13.5. The van der Waals surface area contributed by atoms with Gasteiger partial charge in [-0.05, 0) is 19.9 Å². The number of aromatic hydroxyl groups is 1. The molecule has 1 aromatic carbocycles. The van der Waals surface area contributed by atoms with Crippen molar-refractivity contribution in [1.29, 1.82) is 0 Å². The number of hydrogen-bond acceptors (Lipinski definition) is 3. The first-order valence-electron chi connectivity index (χ1n) is 5.46. The van der Waals surface area contributed by atoms with Gasteiger partial charge in [-0.25, -0.2) is 4.39 Å². The van der Waals surface area contributed by atoms with Crippen LogP contribution >= 0.6 is 0 Å². The molecule has 3 unspecified atom stereocenters. The van der Waals surface area contributed by atoms with E-state index in [0.717, 1.165) is 6.07 Å². The van der Waals surface area contributed by atoms with Gasteiger partial charge in [0.25, 0.3) is 0 Å². The zero-order chi connectivity index (χ0) is 13.0. The van der Waals surface area contributed by atoms with E-state index in [1.54, 1.807) is 12.3 Å². The Morgan fingerprint density at radius 1 is 1.47 bits per heavy atom. The van der Waals surface area contributed by atoms with Crippen molar-refractivity contribution >= 4 is 10.8 Å². The minimum absolute atomic E-state index is 0.0256. The second-order valence-corrected chi connectivity index (χ2v) is 5.95. The first-order valence-corrected chi connectivity index (χ1v) is 7.08. The summed E-state index contributed by atoms with van der Waals surface area (Å²) in [5, 5.41) is 12.3. The minimum Gasteiger partial charge on any atom is -0.508 e. The van der Waals surface area contributed by atoms with Gasteiger partial charge in [-0.2, -0.15) is 0 Å². The molecule has 0 saturated heterocycles. The van der Waals surface area contributed by atoms with E-state index in [9.17, 15) is 8.60 Å². The van der Waals surface area contributed by atoms with Crippen LogP contribution < -0.4 is 5.32 Å². The number of phenolic OH excluding ortho intramolecular Hbond substituents is 1. The minimum atomic E-state index is -0.888. The van der Waals surface area contributed by atoms with E-state index < -0.39 is 16.6 Å². The molecule has 1 rings (SSSR count). The van der Waals surface area contributed by atoms with Crippen molar-refractivity contribution < 1.29 is 13.7 Å². The maximum atomic E-state index is 13.5. The van der Waals surface area contributed by atoms with E-state index in [-0.39, 0.29) is 17.0 Å². The number of benzene rings is 1. The van der Waals surface area contributed by atoms with Crippen LogP contribution in [0.15, 0.2) is 18.2 Å². The van der Waals surface area contributed by atoms with Crippen LogP contribution in [0.4, 0.5) is 4.39 Å². The molecule has 0 aliphatic carbocycles. The van der Waals surface area contributed by atoms with Crippen molar-refractivity contribution in [2.45, 2.75) is 25.1 Å². The summed E-state index contributed by atoms with van der Waals surface area (Å²) in [4.78, 5) is 0. The molecular weight excluding hydrogens is 241 g/mol. The van der Waals surface area contributed by atoms with Gasteiger partial charge in [0.2, 0.25) is 0 Å². The Hall–Kier alpha value is -0.940. The molecule has 0 radical (unpaired) electrons. The normalized spacial score (nSPS) is 16.5. The first-order chi connectivity index (χ1) is 7.91. The smallest absolute Gasteiger partial charge is 0.131 e. The van der Waals surface area contributed by atoms with Crippen LogP contribution in [0.25, 0.3) is 0 Å². The molecule has 1 aromatic rings. The topological polar surface area (TPSA) is 49.3 Å². The molecule has 17 heavy (non-hydrogen) atoms. The third-order valence-corrected chi connectivity index (χ3v) is 4.03. The first kappa shape index (κ1) is 14.1. The lowest BCUT2D eigenvalue weighted by molar-refractivity contribution is 0.463. The quantitative estimate of drug-likeness (QED) is 0.849. The van der Waals surface area contributed by atoms with Gasteiger partial charge in [0, 0.05) is 46.5 Å². The fourth-order valence-electron chi connectivity index (χ4n) is 1.44. The maximum Gasteiger partial charge on any atom is 0.131 e. The van der Waals surface area contributed by atoms with Gasteiger partial charge in [-0.15, -0.1) is 0 Å². The highest BCUT2D eigenvalue weighted by atomic mass is 32.2. The lowest BCUT2D eigenvalue weighted by atomic mass is 10.1. The van der Waals surface area contributed by atoms with Gasteiger partial charge in [-0.3, -0.25) is 4.21 Å². The third kappa shape index (κ3) is 4.09. The summed E-state index contributed by atoms with van der Waals surface area (Å²) < 4.78 is 24.7. The summed E-state index contributed by atoms with van der Waals surface area (Å²) in [6.45, 7) is 4.27. The molecule has 0 aliphatic heterocycles. The van der Waals surface area contributed by atoms with Crippen LogP contribution in [0.1, 0.15) is 25.5 Å². The summed E-state index contributed by atoms with van der Waals surface area (Å²) in [5.74, 6) is -0.517. The van der Waals surface area contributed by atoms with Crippen LogP contribution in [0.3, 0.4) is 0 Å². The molecule has 3 nitrogen and oxygen atoms in total. The van der Waals surface area contributed by atoms with Gasteiger partial charge in [0.05, 0.1) is 0 Å². The summed E-state index contributed by atoms with van der Waals surface area (Å²) in [5.41, 5.74) is 0.497. The Kier molecular flexibility index (Phi) is 5.08. The lowest BCUT2D eigenvalue weighted by Crippen LogP contribution is -2.30. The molecule has 2 N–H and O–H groups in total. The van der Waals surface area contributed by atoms with Gasteiger partial charge in [-0.1, -0.05) is 6.07 Å². The second-order valence-electron chi connectivity index (χ2n) is 4.14. The molecule has 0 fully saturated rings. The van der Waals surface area contributed by atoms with Crippen LogP contribution in [-0.2, 0) is 10.8 Å². The second kappa shape index (κ2) is 6.12. The van der Waals surface area contributed by atoms with Crippen molar-refractivity contribution in [3.05, 3.63) is 29.6 Å². The fraction of sp³-hybridized carbons (Fsp3) is 0.500. The Labute approximate surface area is 104 Å². The third-order valence-electron chi connectivity index (χ3n) is 2.73. The molecule has 0 aromatic heterocycles. The van der Waals surface area contributed by atoms with Gasteiger partial charge >= 0.3 is 0 Å². The van der Waals surface area contributed by atoms with Crippen molar-refractivity contribution in [2.24, 2.45) is 0 Å². The predicted molar refractivity (Wildman–Crippen MR) is 68.0 cm³/mol. The van der Waals surface area contributed by atoms with Crippen molar-refractivity contribution in [1.82, 2.24) is 5.32 Å². The molecular formula is C12H18FNO2S. The van der Waals surface area contributed by atoms with E-state index in [1.165, 1.54) is 6.07 Å². The standard InChI is InChI=1S/C12H18FNO2S/c1-8(17(3)16)7-14-9(2)11-5-4-10(15)6-12(11)13/h4-6,8-9,14-15H,7H2,1-3H3. The number of phenols is 1. The highest BCUT2D eigenvalue weighted by Crippen LogP contribution is 2.20. The monoisotopic (exact) mass is 259 g/mol. The Bertz CT molecular complexity index is 411. The van der Waals surface area contributed by atoms with Crippen molar-refractivity contribution in [3.63, 3.8) is 0 Å². The zero-order valence-electron chi connectivity index (χ0n) is 10.2. The molecule has 0 saturated carbocycles. The van der Waals surface area contributed by atoms with Crippen LogP contribution in [-0.4, -0.2) is 27.4 Å². The molecule has 0 amide bonds. The predicted octanol–water partition coefficient (Wildman–Crippen LogP) is 1.95. The Morgan fingerprint density at radius 3 is 2.65 bits per heavy atom. The van der Waals surface area contributed by atoms with Crippen LogP contribution in [0, 0.1) is 5.82 Å². The average molecular weight is 259 g/mol. The highest BCUT2D eigenvalue weighted by Gasteiger charge is 2.13.